The van der Waals surface area contributed by atoms with E-state index in [1.54, 1.807) is 19.2 Å². The number of hydrogen-bond donors (Lipinski definition) is 0. The monoisotopic (exact) mass is 346 g/mol. The summed E-state index contributed by atoms with van der Waals surface area (Å²) in [6, 6.07) is 11.3. The molecule has 108 valence electrons. The molecule has 3 nitrogen and oxygen atoms in total. The van der Waals surface area contributed by atoms with Crippen molar-refractivity contribution in [1.82, 2.24) is 0 Å². The van der Waals surface area contributed by atoms with Crippen LogP contribution in [0.25, 0.3) is 0 Å². The van der Waals surface area contributed by atoms with Crippen LogP contribution in [0.1, 0.15) is 21.5 Å². The normalized spacial score (nSPS) is 12.7. The quantitative estimate of drug-likeness (QED) is 0.789. The topological polar surface area (TPSA) is 35.5 Å². The molecular weight excluding hydrogens is 332 g/mol. The highest BCUT2D eigenvalue weighted by Crippen LogP contribution is 2.34. The largest absolute Gasteiger partial charge is 0.496 e. The van der Waals surface area contributed by atoms with Crippen LogP contribution in [0, 0.1) is 0 Å². The smallest absolute Gasteiger partial charge is 0.171 e. The highest BCUT2D eigenvalue weighted by atomic mass is 79.9. The summed E-state index contributed by atoms with van der Waals surface area (Å²) < 4.78 is 11.9. The molecule has 0 fully saturated rings. The van der Waals surface area contributed by atoms with Gasteiger partial charge in [0.25, 0.3) is 0 Å². The van der Waals surface area contributed by atoms with Crippen LogP contribution in [0.2, 0.25) is 0 Å². The number of Topliss-reactive ketones (excluding diaryl/α,β-unsaturated/α-hetero) is 1. The maximum Gasteiger partial charge on any atom is 0.171 e. The lowest BCUT2D eigenvalue weighted by molar-refractivity contribution is 0.0989. The van der Waals surface area contributed by atoms with Gasteiger partial charge >= 0.3 is 0 Å². The van der Waals surface area contributed by atoms with Crippen LogP contribution in [-0.4, -0.2) is 19.5 Å². The molecule has 0 spiro atoms. The van der Waals surface area contributed by atoms with Gasteiger partial charge in [0.05, 0.1) is 19.3 Å². The predicted molar refractivity (Wildman–Crippen MR) is 84.4 cm³/mol. The first kappa shape index (κ1) is 14.1. The van der Waals surface area contributed by atoms with Crippen molar-refractivity contribution in [3.63, 3.8) is 0 Å². The first-order valence-electron chi connectivity index (χ1n) is 6.79. The van der Waals surface area contributed by atoms with E-state index in [4.69, 9.17) is 9.47 Å². The van der Waals surface area contributed by atoms with Gasteiger partial charge < -0.3 is 9.47 Å². The summed E-state index contributed by atoms with van der Waals surface area (Å²) in [4.78, 5) is 12.6. The summed E-state index contributed by atoms with van der Waals surface area (Å²) in [7, 11) is 1.58. The van der Waals surface area contributed by atoms with Crippen LogP contribution in [-0.2, 0) is 12.8 Å². The summed E-state index contributed by atoms with van der Waals surface area (Å²) in [5.74, 6) is 1.50. The zero-order valence-electron chi connectivity index (χ0n) is 11.7. The van der Waals surface area contributed by atoms with Gasteiger partial charge in [-0.15, -0.1) is 0 Å². The van der Waals surface area contributed by atoms with E-state index in [9.17, 15) is 4.79 Å². The molecule has 0 aromatic heterocycles. The van der Waals surface area contributed by atoms with E-state index < -0.39 is 0 Å². The van der Waals surface area contributed by atoms with Crippen LogP contribution in [0.5, 0.6) is 11.5 Å². The van der Waals surface area contributed by atoms with Crippen LogP contribution >= 0.6 is 15.9 Å². The van der Waals surface area contributed by atoms with Gasteiger partial charge in [-0.25, -0.2) is 0 Å². The average Bonchev–Trinajstić information content (AvgIpc) is 2.95. The van der Waals surface area contributed by atoms with Crippen LogP contribution < -0.4 is 9.47 Å². The molecule has 0 amide bonds. The minimum atomic E-state index is 0.0308. The molecule has 0 saturated carbocycles. The number of benzene rings is 2. The number of carbonyl (C=O) groups excluding carboxylic acids is 1. The van der Waals surface area contributed by atoms with Gasteiger partial charge in [0.2, 0.25) is 0 Å². The summed E-state index contributed by atoms with van der Waals surface area (Å²) in [6.45, 7) is 0.682. The number of fused-ring (bicyclic) bond motifs is 1. The number of ketones is 1. The van der Waals surface area contributed by atoms with E-state index in [0.29, 0.717) is 24.3 Å². The Morgan fingerprint density at radius 3 is 2.95 bits per heavy atom. The van der Waals surface area contributed by atoms with Crippen molar-refractivity contribution in [2.45, 2.75) is 12.8 Å². The molecule has 0 bridgehead atoms. The Balaban J connectivity index is 1.92. The maximum absolute atomic E-state index is 12.6. The number of ether oxygens (including phenoxy) is 2. The Bertz CT molecular complexity index is 694. The van der Waals surface area contributed by atoms with Gasteiger partial charge in [-0.05, 0) is 29.8 Å². The van der Waals surface area contributed by atoms with Gasteiger partial charge in [-0.2, -0.15) is 0 Å². The van der Waals surface area contributed by atoms with E-state index in [1.165, 1.54) is 0 Å². The second-order valence-corrected chi connectivity index (χ2v) is 5.87. The first-order chi connectivity index (χ1) is 10.2. The standard InChI is InChI=1S/C17H15BrO3/c1-20-16-5-3-2-4-14(16)15(19)10-12-9-13(18)8-11-6-7-21-17(11)12/h2-5,8-9H,6-7,10H2,1H3. The Morgan fingerprint density at radius 1 is 1.33 bits per heavy atom. The fourth-order valence-corrected chi connectivity index (χ4v) is 3.17. The summed E-state index contributed by atoms with van der Waals surface area (Å²) in [5, 5.41) is 0. The third-order valence-corrected chi connectivity index (χ3v) is 4.04. The number of para-hydroxylation sites is 1. The molecule has 1 aliphatic rings. The van der Waals surface area contributed by atoms with E-state index in [0.717, 1.165) is 27.8 Å². The van der Waals surface area contributed by atoms with E-state index in [2.05, 4.69) is 22.0 Å². The van der Waals surface area contributed by atoms with Crippen LogP contribution in [0.4, 0.5) is 0 Å². The molecule has 2 aromatic carbocycles. The maximum atomic E-state index is 12.6. The predicted octanol–water partition coefficient (Wildman–Crippen LogP) is 3.82. The molecule has 0 unspecified atom stereocenters. The Morgan fingerprint density at radius 2 is 2.14 bits per heavy atom. The zero-order valence-corrected chi connectivity index (χ0v) is 13.3. The minimum absolute atomic E-state index is 0.0308. The van der Waals surface area contributed by atoms with Gasteiger partial charge in [-0.1, -0.05) is 28.1 Å². The van der Waals surface area contributed by atoms with Crippen molar-refractivity contribution in [3.05, 3.63) is 57.6 Å². The van der Waals surface area contributed by atoms with E-state index in [-0.39, 0.29) is 5.78 Å². The minimum Gasteiger partial charge on any atom is -0.496 e. The molecule has 0 aliphatic carbocycles. The number of carbonyl (C=O) groups is 1. The Kier molecular flexibility index (Phi) is 3.97. The zero-order chi connectivity index (χ0) is 14.8. The van der Waals surface area contributed by atoms with Crippen molar-refractivity contribution in [2.75, 3.05) is 13.7 Å². The van der Waals surface area contributed by atoms with E-state index >= 15 is 0 Å². The fraction of sp³-hybridized carbons (Fsp3) is 0.235. The lowest BCUT2D eigenvalue weighted by atomic mass is 9.99. The van der Waals surface area contributed by atoms with Gasteiger partial charge in [-0.3, -0.25) is 4.79 Å². The Hall–Kier alpha value is -1.81. The SMILES string of the molecule is COc1ccccc1C(=O)Cc1cc(Br)cc2c1OCC2. The van der Waals surface area contributed by atoms with Gasteiger partial charge in [0.15, 0.2) is 5.78 Å². The molecule has 0 N–H and O–H groups in total. The second kappa shape index (κ2) is 5.90. The van der Waals surface area contributed by atoms with Crippen molar-refractivity contribution >= 4 is 21.7 Å². The highest BCUT2D eigenvalue weighted by Gasteiger charge is 2.20. The molecule has 21 heavy (non-hydrogen) atoms. The van der Waals surface area contributed by atoms with Crippen molar-refractivity contribution in [1.29, 1.82) is 0 Å². The van der Waals surface area contributed by atoms with Gasteiger partial charge in [0.1, 0.15) is 11.5 Å². The van der Waals surface area contributed by atoms with Crippen molar-refractivity contribution in [3.8, 4) is 11.5 Å². The first-order valence-corrected chi connectivity index (χ1v) is 7.58. The Labute approximate surface area is 132 Å². The molecule has 0 radical (unpaired) electrons. The van der Waals surface area contributed by atoms with E-state index in [1.807, 2.05) is 18.2 Å². The molecule has 0 atom stereocenters. The van der Waals surface area contributed by atoms with Gasteiger partial charge in [0, 0.05) is 22.9 Å². The third kappa shape index (κ3) is 2.81. The third-order valence-electron chi connectivity index (χ3n) is 3.58. The second-order valence-electron chi connectivity index (χ2n) is 4.95. The number of rotatable bonds is 4. The van der Waals surface area contributed by atoms with Crippen LogP contribution in [0.3, 0.4) is 0 Å². The number of halogens is 1. The fourth-order valence-electron chi connectivity index (χ4n) is 2.62. The number of hydrogen-bond acceptors (Lipinski definition) is 3. The van der Waals surface area contributed by atoms with Crippen molar-refractivity contribution in [2.24, 2.45) is 0 Å². The molecule has 0 saturated heterocycles. The molecule has 4 heteroatoms. The average molecular weight is 347 g/mol. The number of methoxy groups -OCH3 is 1. The highest BCUT2D eigenvalue weighted by molar-refractivity contribution is 9.10. The molecule has 2 aromatic rings. The van der Waals surface area contributed by atoms with Crippen LogP contribution in [0.15, 0.2) is 40.9 Å². The summed E-state index contributed by atoms with van der Waals surface area (Å²) in [6.07, 6.45) is 1.20. The summed E-state index contributed by atoms with van der Waals surface area (Å²) in [5.41, 5.74) is 2.69. The van der Waals surface area contributed by atoms with Crippen molar-refractivity contribution < 1.29 is 14.3 Å². The molecule has 1 heterocycles. The lowest BCUT2D eigenvalue weighted by Gasteiger charge is -2.10. The summed E-state index contributed by atoms with van der Waals surface area (Å²) >= 11 is 3.50. The lowest BCUT2D eigenvalue weighted by Crippen LogP contribution is -2.07. The molecule has 3 rings (SSSR count). The molecular formula is C17H15BrO3. The molecule has 1 aliphatic heterocycles.